The van der Waals surface area contributed by atoms with Gasteiger partial charge in [-0.2, -0.15) is 0 Å². The van der Waals surface area contributed by atoms with Gasteiger partial charge in [0.1, 0.15) is 0 Å². The number of hydrogen-bond donors (Lipinski definition) is 0. The van der Waals surface area contributed by atoms with Gasteiger partial charge in [0.25, 0.3) is 0 Å². The Morgan fingerprint density at radius 2 is 0.894 bits per heavy atom. The summed E-state index contributed by atoms with van der Waals surface area (Å²) in [7, 11) is -2.80. The van der Waals surface area contributed by atoms with Gasteiger partial charge in [-0.1, -0.05) is 159 Å². The van der Waals surface area contributed by atoms with E-state index in [0.29, 0.717) is 23.7 Å². The molecule has 0 aliphatic carbocycles. The fourth-order valence-electron chi connectivity index (χ4n) is 7.95. The summed E-state index contributed by atoms with van der Waals surface area (Å²) in [6, 6.07) is 1.62. The van der Waals surface area contributed by atoms with Crippen molar-refractivity contribution in [3.05, 3.63) is 0 Å². The summed E-state index contributed by atoms with van der Waals surface area (Å²) >= 11 is 0. The lowest BCUT2D eigenvalue weighted by Crippen LogP contribution is -2.67. The van der Waals surface area contributed by atoms with Crippen molar-refractivity contribution in [1.82, 2.24) is 0 Å². The minimum atomic E-state index is -3.24. The maximum Gasteiger partial charge on any atom is 0.493 e. The van der Waals surface area contributed by atoms with E-state index in [9.17, 15) is 0 Å². The van der Waals surface area contributed by atoms with Gasteiger partial charge in [-0.15, -0.1) is 0 Å². The molecule has 1 aliphatic rings. The lowest BCUT2D eigenvalue weighted by Gasteiger charge is -2.56. The molecular formula is C40H84O5Si2. The van der Waals surface area contributed by atoms with Crippen molar-refractivity contribution in [2.75, 3.05) is 14.2 Å². The fourth-order valence-corrected chi connectivity index (χ4v) is 15.9. The first kappa shape index (κ1) is 45.3. The van der Waals surface area contributed by atoms with E-state index in [-0.39, 0.29) is 11.8 Å². The molecule has 0 aromatic heterocycles. The van der Waals surface area contributed by atoms with Crippen LogP contribution in [0.4, 0.5) is 0 Å². The van der Waals surface area contributed by atoms with Gasteiger partial charge in [0.2, 0.25) is 0 Å². The van der Waals surface area contributed by atoms with Crippen LogP contribution < -0.4 is 0 Å². The highest BCUT2D eigenvalue weighted by Gasteiger charge is 2.61. The summed E-state index contributed by atoms with van der Waals surface area (Å²) in [5.74, 6) is 2.03. The van der Waals surface area contributed by atoms with Crippen molar-refractivity contribution in [3.8, 4) is 0 Å². The summed E-state index contributed by atoms with van der Waals surface area (Å²) < 4.78 is 35.9. The molecule has 282 valence electrons. The molecule has 8 atom stereocenters. The van der Waals surface area contributed by atoms with E-state index < -0.39 is 28.8 Å². The Balaban J connectivity index is 3.57. The lowest BCUT2D eigenvalue weighted by atomic mass is 9.64. The first-order valence-electron chi connectivity index (χ1n) is 20.3. The zero-order chi connectivity index (χ0) is 35.7. The predicted octanol–water partition coefficient (Wildman–Crippen LogP) is 12.9. The molecule has 1 rings (SSSR count). The van der Waals surface area contributed by atoms with Crippen LogP contribution in [0.1, 0.15) is 186 Å². The normalized spacial score (nSPS) is 33.1. The quantitative estimate of drug-likeness (QED) is 0.0784. The van der Waals surface area contributed by atoms with Crippen LogP contribution in [0.3, 0.4) is 0 Å². The van der Waals surface area contributed by atoms with Crippen molar-refractivity contribution in [2.45, 2.75) is 209 Å². The maximum atomic E-state index is 7.60. The van der Waals surface area contributed by atoms with Crippen molar-refractivity contribution in [2.24, 2.45) is 35.5 Å². The molecule has 0 amide bonds. The second kappa shape index (κ2) is 22.2. The minimum Gasteiger partial charge on any atom is -0.377 e. The van der Waals surface area contributed by atoms with E-state index in [2.05, 4.69) is 83.1 Å². The third kappa shape index (κ3) is 13.4. The van der Waals surface area contributed by atoms with Crippen LogP contribution in [0.5, 0.6) is 0 Å². The molecule has 0 spiro atoms. The molecule has 1 heterocycles. The van der Waals surface area contributed by atoms with Crippen molar-refractivity contribution in [3.63, 3.8) is 0 Å². The van der Waals surface area contributed by atoms with Gasteiger partial charge < -0.3 is 21.8 Å². The Bertz CT molecular complexity index is 813. The van der Waals surface area contributed by atoms with Gasteiger partial charge in [-0.25, -0.2) is 0 Å². The molecule has 47 heavy (non-hydrogen) atoms. The average molecular weight is 701 g/mol. The first-order chi connectivity index (χ1) is 22.1. The highest BCUT2D eigenvalue weighted by Crippen LogP contribution is 2.50. The molecule has 0 aromatic carbocycles. The SMILES string of the molecule is CCCCCCCCCC[Si]1(OC)OC(C)(C(C)C)C(C)C(C)C(C)C(C)(C(C)C(C)C)O[Si](CCCCCCCCCC)(OC)O1. The van der Waals surface area contributed by atoms with E-state index >= 15 is 0 Å². The molecule has 0 bridgehead atoms. The summed E-state index contributed by atoms with van der Waals surface area (Å²) in [6.07, 6.45) is 20.3. The largest absolute Gasteiger partial charge is 0.493 e. The van der Waals surface area contributed by atoms with Crippen molar-refractivity contribution in [1.29, 1.82) is 0 Å². The Hall–Kier alpha value is 0.234. The molecule has 0 saturated carbocycles. The topological polar surface area (TPSA) is 46.2 Å². The van der Waals surface area contributed by atoms with E-state index in [1.807, 2.05) is 14.2 Å². The molecule has 0 N–H and O–H groups in total. The molecule has 7 heteroatoms. The molecule has 0 aromatic rings. The second-order valence-corrected chi connectivity index (χ2v) is 22.3. The maximum absolute atomic E-state index is 7.60. The molecule has 1 aliphatic heterocycles. The number of unbranched alkanes of at least 4 members (excludes halogenated alkanes) is 14. The van der Waals surface area contributed by atoms with Crippen molar-refractivity contribution >= 4 is 17.6 Å². The zero-order valence-electron chi connectivity index (χ0n) is 34.2. The van der Waals surface area contributed by atoms with Crippen LogP contribution in [0, 0.1) is 35.5 Å². The van der Waals surface area contributed by atoms with E-state index in [4.69, 9.17) is 21.8 Å². The molecule has 5 nitrogen and oxygen atoms in total. The monoisotopic (exact) mass is 701 g/mol. The van der Waals surface area contributed by atoms with Crippen molar-refractivity contribution < 1.29 is 21.8 Å². The van der Waals surface area contributed by atoms with Gasteiger partial charge in [-0.05, 0) is 62.2 Å². The van der Waals surface area contributed by atoms with E-state index in [1.165, 1.54) is 89.9 Å². The molecule has 0 radical (unpaired) electrons. The summed E-state index contributed by atoms with van der Waals surface area (Å²) in [6.45, 7) is 28.2. The minimum absolute atomic E-state index is 0.283. The second-order valence-electron chi connectivity index (χ2n) is 16.5. The summed E-state index contributed by atoms with van der Waals surface area (Å²) in [5.41, 5.74) is -0.812. The number of hydrogen-bond acceptors (Lipinski definition) is 5. The van der Waals surface area contributed by atoms with Crippen LogP contribution in [0.25, 0.3) is 0 Å². The number of rotatable bonds is 23. The van der Waals surface area contributed by atoms with Gasteiger partial charge in [0.05, 0.1) is 11.2 Å². The Labute approximate surface area is 297 Å². The van der Waals surface area contributed by atoms with Crippen LogP contribution in [0.15, 0.2) is 0 Å². The molecule has 8 unspecified atom stereocenters. The molecule has 1 saturated heterocycles. The summed E-state index contributed by atoms with van der Waals surface area (Å²) in [5, 5.41) is 0. The summed E-state index contributed by atoms with van der Waals surface area (Å²) in [4.78, 5) is 0. The van der Waals surface area contributed by atoms with Gasteiger partial charge >= 0.3 is 17.6 Å². The van der Waals surface area contributed by atoms with Gasteiger partial charge in [-0.3, -0.25) is 0 Å². The Morgan fingerprint density at radius 3 is 1.23 bits per heavy atom. The smallest absolute Gasteiger partial charge is 0.377 e. The Morgan fingerprint density at radius 1 is 0.553 bits per heavy atom. The third-order valence-electron chi connectivity index (χ3n) is 12.8. The molecule has 1 fully saturated rings. The Kier molecular flexibility index (Phi) is 21.4. The molecular weight excluding hydrogens is 617 g/mol. The fraction of sp³-hybridized carbons (Fsp3) is 1.00. The zero-order valence-corrected chi connectivity index (χ0v) is 36.2. The predicted molar refractivity (Wildman–Crippen MR) is 207 cm³/mol. The average Bonchev–Trinajstić information content (AvgIpc) is 3.04. The lowest BCUT2D eigenvalue weighted by molar-refractivity contribution is -0.146. The van der Waals surface area contributed by atoms with Crippen LogP contribution >= 0.6 is 0 Å². The van der Waals surface area contributed by atoms with Crippen LogP contribution in [-0.4, -0.2) is 43.0 Å². The van der Waals surface area contributed by atoms with Gasteiger partial charge in [0.15, 0.2) is 0 Å². The van der Waals surface area contributed by atoms with Crippen LogP contribution in [0.2, 0.25) is 12.1 Å². The standard InChI is InChI=1S/C40H84O5Si2/c1-15-17-19-21-23-25-27-29-31-46(41-13)43-39(11,34(5)6)37(9)35(7)38(10)40(12,36(8)33(3)4)44-47(42-14,45-46)32-30-28-26-24-22-20-18-16-2/h33-38H,15-32H2,1-14H3. The van der Waals surface area contributed by atoms with Crippen LogP contribution in [-0.2, 0) is 21.8 Å². The highest BCUT2D eigenvalue weighted by molar-refractivity contribution is 6.75. The van der Waals surface area contributed by atoms with E-state index in [1.54, 1.807) is 0 Å². The van der Waals surface area contributed by atoms with Gasteiger partial charge in [0, 0.05) is 26.3 Å². The third-order valence-corrected chi connectivity index (χ3v) is 20.0. The van der Waals surface area contributed by atoms with E-state index in [0.717, 1.165) is 24.9 Å². The highest BCUT2D eigenvalue weighted by atomic mass is 28.5. The first-order valence-corrected chi connectivity index (χ1v) is 24.2.